The van der Waals surface area contributed by atoms with E-state index >= 15 is 0 Å². The third-order valence-electron chi connectivity index (χ3n) is 2.87. The van der Waals surface area contributed by atoms with Crippen LogP contribution in [0.15, 0.2) is 51.4 Å². The highest BCUT2D eigenvalue weighted by Gasteiger charge is 2.08. The van der Waals surface area contributed by atoms with E-state index in [1.807, 2.05) is 0 Å². The number of hydrogen-bond donors (Lipinski definition) is 2. The minimum Gasteiger partial charge on any atom is -0.483 e. The molecule has 0 radical (unpaired) electrons. The lowest BCUT2D eigenvalue weighted by atomic mass is 10.1. The molecule has 2 rings (SSSR count). The number of halogens is 3. The zero-order valence-corrected chi connectivity index (χ0v) is 16.2. The van der Waals surface area contributed by atoms with Gasteiger partial charge in [-0.05, 0) is 51.8 Å². The Kier molecular flexibility index (Phi) is 7.08. The quantitative estimate of drug-likeness (QED) is 0.648. The van der Waals surface area contributed by atoms with Gasteiger partial charge in [0.25, 0.3) is 5.91 Å². The fourth-order valence-corrected chi connectivity index (χ4v) is 3.03. The van der Waals surface area contributed by atoms with E-state index in [0.717, 1.165) is 14.5 Å². The van der Waals surface area contributed by atoms with Crippen molar-refractivity contribution in [2.75, 3.05) is 6.61 Å². The number of hydrazine groups is 1. The number of hydrogen-bond acceptors (Lipinski definition) is 3. The maximum absolute atomic E-state index is 11.8. The van der Waals surface area contributed by atoms with E-state index in [1.165, 1.54) is 0 Å². The molecule has 5 nitrogen and oxygen atoms in total. The van der Waals surface area contributed by atoms with E-state index in [0.29, 0.717) is 10.8 Å². The van der Waals surface area contributed by atoms with Gasteiger partial charge in [0.05, 0.1) is 10.9 Å². The molecule has 0 bridgehead atoms. The minimum absolute atomic E-state index is 0.135. The van der Waals surface area contributed by atoms with Gasteiger partial charge in [-0.25, -0.2) is 0 Å². The van der Waals surface area contributed by atoms with Crippen molar-refractivity contribution in [1.29, 1.82) is 0 Å². The summed E-state index contributed by atoms with van der Waals surface area (Å²) in [6.07, 6.45) is 0.135. The molecule has 0 aliphatic carbocycles. The first-order valence-electron chi connectivity index (χ1n) is 6.84. The Balaban J connectivity index is 1.74. The number of amides is 2. The Labute approximate surface area is 160 Å². The van der Waals surface area contributed by atoms with Crippen molar-refractivity contribution >= 4 is 55.3 Å². The van der Waals surface area contributed by atoms with E-state index in [-0.39, 0.29) is 18.9 Å². The van der Waals surface area contributed by atoms with Crippen molar-refractivity contribution < 1.29 is 14.3 Å². The van der Waals surface area contributed by atoms with Gasteiger partial charge < -0.3 is 4.74 Å². The van der Waals surface area contributed by atoms with Crippen LogP contribution in [0.2, 0.25) is 5.02 Å². The zero-order valence-electron chi connectivity index (χ0n) is 12.3. The largest absolute Gasteiger partial charge is 0.483 e. The van der Waals surface area contributed by atoms with Gasteiger partial charge in [0, 0.05) is 9.50 Å². The molecule has 2 aromatic carbocycles. The summed E-state index contributed by atoms with van der Waals surface area (Å²) >= 11 is 12.4. The van der Waals surface area contributed by atoms with Gasteiger partial charge in [-0.2, -0.15) is 0 Å². The fraction of sp³-hybridized carbons (Fsp3) is 0.125. The molecule has 0 heterocycles. The van der Waals surface area contributed by atoms with Crippen molar-refractivity contribution in [1.82, 2.24) is 10.9 Å². The smallest absolute Gasteiger partial charge is 0.276 e. The fourth-order valence-electron chi connectivity index (χ4n) is 1.74. The van der Waals surface area contributed by atoms with Crippen LogP contribution in [0.3, 0.4) is 0 Å². The second kappa shape index (κ2) is 9.05. The lowest BCUT2D eigenvalue weighted by molar-refractivity contribution is -0.129. The molecular weight excluding hydrogens is 463 g/mol. The van der Waals surface area contributed by atoms with E-state index in [9.17, 15) is 9.59 Å². The average Bonchev–Trinajstić information content (AvgIpc) is 2.54. The van der Waals surface area contributed by atoms with Gasteiger partial charge in [0.2, 0.25) is 5.91 Å². The van der Waals surface area contributed by atoms with Gasteiger partial charge >= 0.3 is 0 Å². The number of carbonyl (C=O) groups excluding carboxylic acids is 2. The minimum atomic E-state index is -0.464. The Morgan fingerprint density at radius 3 is 2.33 bits per heavy atom. The summed E-state index contributed by atoms with van der Waals surface area (Å²) < 4.78 is 6.98. The highest BCUT2D eigenvalue weighted by molar-refractivity contribution is 9.11. The number of ether oxygens (including phenoxy) is 1. The third-order valence-corrected chi connectivity index (χ3v) is 4.24. The molecule has 0 fully saturated rings. The number of rotatable bonds is 5. The number of benzene rings is 2. The van der Waals surface area contributed by atoms with Crippen LogP contribution in [0.25, 0.3) is 0 Å². The van der Waals surface area contributed by atoms with E-state index in [2.05, 4.69) is 42.7 Å². The zero-order chi connectivity index (χ0) is 17.5. The van der Waals surface area contributed by atoms with E-state index < -0.39 is 5.91 Å². The molecule has 24 heavy (non-hydrogen) atoms. The summed E-state index contributed by atoms with van der Waals surface area (Å²) in [5.74, 6) is -0.273. The molecule has 0 aliphatic heterocycles. The molecule has 0 saturated carbocycles. The van der Waals surface area contributed by atoms with Crippen LogP contribution in [0.4, 0.5) is 0 Å². The second-order valence-electron chi connectivity index (χ2n) is 4.76. The Morgan fingerprint density at radius 2 is 1.67 bits per heavy atom. The first-order chi connectivity index (χ1) is 11.4. The second-order valence-corrected chi connectivity index (χ2v) is 6.97. The van der Waals surface area contributed by atoms with E-state index in [4.69, 9.17) is 16.3 Å². The van der Waals surface area contributed by atoms with Gasteiger partial charge in [-0.1, -0.05) is 39.7 Å². The first kappa shape index (κ1) is 18.8. The molecule has 2 amide bonds. The topological polar surface area (TPSA) is 67.4 Å². The molecule has 8 heteroatoms. The highest BCUT2D eigenvalue weighted by Crippen LogP contribution is 2.27. The maximum atomic E-state index is 11.8. The first-order valence-corrected chi connectivity index (χ1v) is 8.80. The standard InChI is InChI=1S/C16H13Br2ClN2O3/c17-11-3-6-14(13(18)8-11)24-9-16(23)21-20-15(22)7-10-1-4-12(19)5-2-10/h1-6,8H,7,9H2,(H,20,22)(H,21,23). The summed E-state index contributed by atoms with van der Waals surface area (Å²) in [7, 11) is 0. The van der Waals surface area contributed by atoms with E-state index in [1.54, 1.807) is 42.5 Å². The Bertz CT molecular complexity index is 739. The number of carbonyl (C=O) groups is 2. The van der Waals surface area contributed by atoms with Crippen molar-refractivity contribution in [3.63, 3.8) is 0 Å². The predicted molar refractivity (Wildman–Crippen MR) is 98.8 cm³/mol. The normalized spacial score (nSPS) is 10.1. The molecule has 0 saturated heterocycles. The molecule has 2 aromatic rings. The molecule has 0 unspecified atom stereocenters. The lowest BCUT2D eigenvalue weighted by Crippen LogP contribution is -2.44. The van der Waals surface area contributed by atoms with Crippen molar-refractivity contribution in [3.05, 3.63) is 62.0 Å². The summed E-state index contributed by atoms with van der Waals surface area (Å²) in [4.78, 5) is 23.5. The van der Waals surface area contributed by atoms with Crippen LogP contribution in [0, 0.1) is 0 Å². The van der Waals surface area contributed by atoms with Crippen molar-refractivity contribution in [3.8, 4) is 5.75 Å². The van der Waals surface area contributed by atoms with Gasteiger partial charge in [-0.3, -0.25) is 20.4 Å². The molecular formula is C16H13Br2ClN2O3. The molecule has 2 N–H and O–H groups in total. The Hall–Kier alpha value is -1.57. The molecule has 126 valence electrons. The Morgan fingerprint density at radius 1 is 1.00 bits per heavy atom. The van der Waals surface area contributed by atoms with Crippen LogP contribution >= 0.6 is 43.5 Å². The average molecular weight is 477 g/mol. The highest BCUT2D eigenvalue weighted by atomic mass is 79.9. The van der Waals surface area contributed by atoms with Crippen LogP contribution in [0.1, 0.15) is 5.56 Å². The SMILES string of the molecule is O=C(COc1ccc(Br)cc1Br)NNC(=O)Cc1ccc(Cl)cc1. The molecule has 0 spiro atoms. The molecule has 0 aromatic heterocycles. The van der Waals surface area contributed by atoms with Crippen LogP contribution in [-0.2, 0) is 16.0 Å². The monoisotopic (exact) mass is 474 g/mol. The number of nitrogens with one attached hydrogen (secondary N) is 2. The van der Waals surface area contributed by atoms with Crippen LogP contribution in [-0.4, -0.2) is 18.4 Å². The summed E-state index contributed by atoms with van der Waals surface area (Å²) in [6, 6.07) is 12.2. The summed E-state index contributed by atoms with van der Waals surface area (Å²) in [5, 5.41) is 0.601. The van der Waals surface area contributed by atoms with Crippen molar-refractivity contribution in [2.45, 2.75) is 6.42 Å². The van der Waals surface area contributed by atoms with Crippen LogP contribution in [0.5, 0.6) is 5.75 Å². The van der Waals surface area contributed by atoms with Crippen molar-refractivity contribution in [2.24, 2.45) is 0 Å². The van der Waals surface area contributed by atoms with Crippen LogP contribution < -0.4 is 15.6 Å². The maximum Gasteiger partial charge on any atom is 0.276 e. The van der Waals surface area contributed by atoms with Gasteiger partial charge in [0.1, 0.15) is 5.75 Å². The summed E-state index contributed by atoms with van der Waals surface area (Å²) in [6.45, 7) is -0.221. The third kappa shape index (κ3) is 6.14. The predicted octanol–water partition coefficient (Wildman–Crippen LogP) is 3.63. The van der Waals surface area contributed by atoms with Gasteiger partial charge in [-0.15, -0.1) is 0 Å². The molecule has 0 aliphatic rings. The van der Waals surface area contributed by atoms with Gasteiger partial charge in [0.15, 0.2) is 6.61 Å². The summed E-state index contributed by atoms with van der Waals surface area (Å²) in [5.41, 5.74) is 5.43. The lowest BCUT2D eigenvalue weighted by Gasteiger charge is -2.10. The molecule has 0 atom stereocenters.